The van der Waals surface area contributed by atoms with Crippen molar-refractivity contribution in [2.24, 2.45) is 0 Å². The fraction of sp³-hybridized carbons (Fsp3) is 0.300. The Balaban J connectivity index is 2.32. The first-order valence-corrected chi connectivity index (χ1v) is 8.08. The number of halogens is 2. The molecule has 0 radical (unpaired) electrons. The monoisotopic (exact) mass is 380 g/mol. The molecule has 6 heteroatoms. The van der Waals surface area contributed by atoms with Gasteiger partial charge in [-0.25, -0.2) is 4.98 Å². The van der Waals surface area contributed by atoms with Crippen molar-refractivity contribution < 1.29 is 0 Å². The predicted octanol–water partition coefficient (Wildman–Crippen LogP) is 4.43. The van der Waals surface area contributed by atoms with Gasteiger partial charge in [-0.15, -0.1) is 22.7 Å². The summed E-state index contributed by atoms with van der Waals surface area (Å²) in [7, 11) is 0. The summed E-state index contributed by atoms with van der Waals surface area (Å²) >= 11 is 10.5. The molecule has 0 fully saturated rings. The third-order valence-corrected chi connectivity index (χ3v) is 6.22. The SMILES string of the molecule is CCNC(c1cc(Br)c(Br)s1)c1nccs1. The first-order valence-electron chi connectivity index (χ1n) is 4.80. The molecule has 1 unspecified atom stereocenters. The maximum atomic E-state index is 4.38. The minimum atomic E-state index is 0.206. The van der Waals surface area contributed by atoms with E-state index in [4.69, 9.17) is 0 Å². The maximum absolute atomic E-state index is 4.38. The van der Waals surface area contributed by atoms with E-state index >= 15 is 0 Å². The molecule has 2 aromatic rings. The molecule has 0 aliphatic rings. The van der Waals surface area contributed by atoms with Crippen LogP contribution in [0.2, 0.25) is 0 Å². The minimum Gasteiger partial charge on any atom is -0.304 e. The smallest absolute Gasteiger partial charge is 0.115 e. The molecule has 2 rings (SSSR count). The van der Waals surface area contributed by atoms with Gasteiger partial charge >= 0.3 is 0 Å². The molecule has 0 aromatic carbocycles. The summed E-state index contributed by atoms with van der Waals surface area (Å²) in [6, 6.07) is 2.35. The van der Waals surface area contributed by atoms with Crippen LogP contribution in [0.3, 0.4) is 0 Å². The highest BCUT2D eigenvalue weighted by Gasteiger charge is 2.18. The number of nitrogens with one attached hydrogen (secondary N) is 1. The third-order valence-electron chi connectivity index (χ3n) is 2.06. The lowest BCUT2D eigenvalue weighted by atomic mass is 10.2. The van der Waals surface area contributed by atoms with E-state index in [1.165, 1.54) is 4.88 Å². The van der Waals surface area contributed by atoms with Crippen LogP contribution in [0.15, 0.2) is 25.9 Å². The Morgan fingerprint density at radius 3 is 2.81 bits per heavy atom. The first kappa shape index (κ1) is 12.7. The molecule has 86 valence electrons. The average molecular weight is 382 g/mol. The molecular weight excluding hydrogens is 372 g/mol. The van der Waals surface area contributed by atoms with Gasteiger partial charge in [0.15, 0.2) is 0 Å². The molecule has 0 saturated carbocycles. The Hall–Kier alpha value is 0.250. The number of aromatic nitrogens is 1. The molecule has 0 saturated heterocycles. The van der Waals surface area contributed by atoms with Crippen LogP contribution in [-0.4, -0.2) is 11.5 Å². The molecule has 0 amide bonds. The molecule has 2 nitrogen and oxygen atoms in total. The van der Waals surface area contributed by atoms with Crippen molar-refractivity contribution in [2.45, 2.75) is 13.0 Å². The topological polar surface area (TPSA) is 24.9 Å². The summed E-state index contributed by atoms with van der Waals surface area (Å²) < 4.78 is 2.23. The van der Waals surface area contributed by atoms with Crippen molar-refractivity contribution in [3.05, 3.63) is 35.8 Å². The molecule has 0 aliphatic heterocycles. The number of hydrogen-bond acceptors (Lipinski definition) is 4. The number of hydrogen-bond donors (Lipinski definition) is 1. The third kappa shape index (κ3) is 2.73. The Morgan fingerprint density at radius 2 is 2.31 bits per heavy atom. The zero-order valence-electron chi connectivity index (χ0n) is 8.54. The van der Waals surface area contributed by atoms with Crippen LogP contribution in [0, 0.1) is 0 Å². The summed E-state index contributed by atoms with van der Waals surface area (Å²) in [6.45, 7) is 3.04. The van der Waals surface area contributed by atoms with Gasteiger partial charge in [0.05, 0.1) is 9.83 Å². The molecule has 0 spiro atoms. The molecule has 1 atom stereocenters. The van der Waals surface area contributed by atoms with Crippen molar-refractivity contribution in [1.29, 1.82) is 0 Å². The van der Waals surface area contributed by atoms with Gasteiger partial charge in [0.2, 0.25) is 0 Å². The Morgan fingerprint density at radius 1 is 1.50 bits per heavy atom. The van der Waals surface area contributed by atoms with Crippen LogP contribution in [0.5, 0.6) is 0 Å². The minimum absolute atomic E-state index is 0.206. The highest BCUT2D eigenvalue weighted by Crippen LogP contribution is 2.37. The van der Waals surface area contributed by atoms with Gasteiger partial charge in [-0.3, -0.25) is 0 Å². The van der Waals surface area contributed by atoms with Crippen LogP contribution in [-0.2, 0) is 0 Å². The van der Waals surface area contributed by atoms with E-state index in [2.05, 4.69) is 55.2 Å². The van der Waals surface area contributed by atoms with E-state index in [-0.39, 0.29) is 6.04 Å². The average Bonchev–Trinajstić information content (AvgIpc) is 2.86. The lowest BCUT2D eigenvalue weighted by Gasteiger charge is -2.12. The standard InChI is InChI=1S/C10H10Br2N2S2/c1-2-13-8(10-14-3-4-15-10)7-5-6(11)9(12)16-7/h3-5,8,13H,2H2,1H3. The zero-order chi connectivity index (χ0) is 11.5. The summed E-state index contributed by atoms with van der Waals surface area (Å²) in [6.07, 6.45) is 1.85. The fourth-order valence-electron chi connectivity index (χ4n) is 1.40. The van der Waals surface area contributed by atoms with Crippen LogP contribution < -0.4 is 5.32 Å². The normalized spacial score (nSPS) is 12.9. The molecular formula is C10H10Br2N2S2. The van der Waals surface area contributed by atoms with Crippen molar-refractivity contribution in [1.82, 2.24) is 10.3 Å². The van der Waals surface area contributed by atoms with Gasteiger partial charge < -0.3 is 5.32 Å². The van der Waals surface area contributed by atoms with Gasteiger partial charge in [-0.2, -0.15) is 0 Å². The summed E-state index contributed by atoms with van der Waals surface area (Å²) in [5.74, 6) is 0. The van der Waals surface area contributed by atoms with Crippen LogP contribution in [0.4, 0.5) is 0 Å². The quantitative estimate of drug-likeness (QED) is 0.847. The van der Waals surface area contributed by atoms with Crippen molar-refractivity contribution in [3.8, 4) is 0 Å². The highest BCUT2D eigenvalue weighted by atomic mass is 79.9. The second kappa shape index (κ2) is 5.73. The van der Waals surface area contributed by atoms with Crippen LogP contribution >= 0.6 is 54.5 Å². The molecule has 2 heterocycles. The van der Waals surface area contributed by atoms with Gasteiger partial charge in [0, 0.05) is 20.9 Å². The van der Waals surface area contributed by atoms with Gasteiger partial charge in [0.1, 0.15) is 5.01 Å². The van der Waals surface area contributed by atoms with Gasteiger partial charge in [-0.05, 0) is 44.5 Å². The predicted molar refractivity (Wildman–Crippen MR) is 77.4 cm³/mol. The Labute approximate surface area is 119 Å². The maximum Gasteiger partial charge on any atom is 0.115 e. The van der Waals surface area contributed by atoms with E-state index in [9.17, 15) is 0 Å². The molecule has 1 N–H and O–H groups in total. The lowest BCUT2D eigenvalue weighted by molar-refractivity contribution is 0.636. The second-order valence-corrected chi connectivity index (χ2v) is 7.31. The lowest BCUT2D eigenvalue weighted by Crippen LogP contribution is -2.20. The molecule has 16 heavy (non-hydrogen) atoms. The van der Waals surface area contributed by atoms with Crippen LogP contribution in [0.25, 0.3) is 0 Å². The first-order chi connectivity index (χ1) is 7.72. The summed E-state index contributed by atoms with van der Waals surface area (Å²) in [5.41, 5.74) is 0. The van der Waals surface area contributed by atoms with Crippen molar-refractivity contribution in [2.75, 3.05) is 6.54 Å². The zero-order valence-corrected chi connectivity index (χ0v) is 13.3. The van der Waals surface area contributed by atoms with Crippen molar-refractivity contribution in [3.63, 3.8) is 0 Å². The van der Waals surface area contributed by atoms with Gasteiger partial charge in [0.25, 0.3) is 0 Å². The number of rotatable bonds is 4. The van der Waals surface area contributed by atoms with Gasteiger partial charge in [-0.1, -0.05) is 6.92 Å². The highest BCUT2D eigenvalue weighted by molar-refractivity contribution is 9.13. The largest absolute Gasteiger partial charge is 0.304 e. The van der Waals surface area contributed by atoms with E-state index in [0.717, 1.165) is 19.8 Å². The van der Waals surface area contributed by atoms with Crippen LogP contribution in [0.1, 0.15) is 22.9 Å². The molecule has 2 aromatic heterocycles. The second-order valence-electron chi connectivity index (χ2n) is 3.13. The van der Waals surface area contributed by atoms with E-state index < -0.39 is 0 Å². The van der Waals surface area contributed by atoms with Crippen molar-refractivity contribution >= 4 is 54.5 Å². The van der Waals surface area contributed by atoms with E-state index in [1.54, 1.807) is 22.7 Å². The number of thiazole rings is 1. The van der Waals surface area contributed by atoms with E-state index in [1.807, 2.05) is 11.6 Å². The summed E-state index contributed by atoms with van der Waals surface area (Å²) in [5, 5.41) is 6.58. The Bertz CT molecular complexity index is 434. The summed E-state index contributed by atoms with van der Waals surface area (Å²) in [4.78, 5) is 5.66. The fourth-order valence-corrected chi connectivity index (χ4v) is 4.37. The number of thiophene rings is 1. The Kier molecular flexibility index (Phi) is 4.55. The molecule has 0 aliphatic carbocycles. The van der Waals surface area contributed by atoms with E-state index in [0.29, 0.717) is 0 Å². The molecule has 0 bridgehead atoms. The number of nitrogens with zero attached hydrogens (tertiary/aromatic N) is 1.